The Morgan fingerprint density at radius 2 is 1.59 bits per heavy atom. The highest BCUT2D eigenvalue weighted by Crippen LogP contribution is 2.27. The fourth-order valence-corrected chi connectivity index (χ4v) is 3.45. The second-order valence-corrected chi connectivity index (χ2v) is 8.88. The average molecular weight is 423 g/mol. The first-order valence-electron chi connectivity index (χ1n) is 8.83. The van der Waals surface area contributed by atoms with Crippen molar-refractivity contribution in [3.05, 3.63) is 48.0 Å². The second kappa shape index (κ2) is 9.15. The third-order valence-electron chi connectivity index (χ3n) is 4.08. The van der Waals surface area contributed by atoms with Gasteiger partial charge in [0.05, 0.1) is 14.2 Å². The van der Waals surface area contributed by atoms with E-state index in [4.69, 9.17) is 14.2 Å². The number of carbonyl (C=O) groups is 1. The van der Waals surface area contributed by atoms with Gasteiger partial charge in [0, 0.05) is 6.07 Å². The van der Waals surface area contributed by atoms with Gasteiger partial charge in [0.25, 0.3) is 15.9 Å². The Hall–Kier alpha value is -2.78. The zero-order valence-electron chi connectivity index (χ0n) is 17.1. The first-order valence-corrected chi connectivity index (χ1v) is 10.3. The highest BCUT2D eigenvalue weighted by molar-refractivity contribution is 7.89. The predicted molar refractivity (Wildman–Crippen MR) is 109 cm³/mol. The molecule has 0 aliphatic rings. The van der Waals surface area contributed by atoms with E-state index in [0.717, 1.165) is 5.56 Å². The number of methoxy groups -OCH3 is 2. The number of nitrogens with one attached hydrogen (secondary N) is 2. The van der Waals surface area contributed by atoms with Gasteiger partial charge in [-0.25, -0.2) is 8.42 Å². The summed E-state index contributed by atoms with van der Waals surface area (Å²) in [4.78, 5) is 13.8. The van der Waals surface area contributed by atoms with E-state index in [-0.39, 0.29) is 22.7 Å². The number of carbonyl (C=O) groups excluding carboxylic acids is 1. The minimum Gasteiger partial charge on any atom is -0.497 e. The molecule has 0 bridgehead atoms. The quantitative estimate of drug-likeness (QED) is 0.633. The molecule has 2 aromatic rings. The molecule has 0 aliphatic heterocycles. The molecule has 0 heterocycles. The van der Waals surface area contributed by atoms with Crippen LogP contribution in [0.1, 0.15) is 26.3 Å². The number of ether oxygens (including phenoxy) is 3. The molecule has 0 radical (unpaired) electrons. The van der Waals surface area contributed by atoms with Crippen LogP contribution in [-0.4, -0.2) is 35.2 Å². The van der Waals surface area contributed by atoms with Gasteiger partial charge in [-0.2, -0.15) is 0 Å². The number of rotatable bonds is 8. The summed E-state index contributed by atoms with van der Waals surface area (Å²) in [5.41, 5.74) is 3.26. The summed E-state index contributed by atoms with van der Waals surface area (Å²) in [5.74, 6) is 0.295. The van der Waals surface area contributed by atoms with Crippen LogP contribution >= 0.6 is 0 Å². The number of sulfonamides is 1. The highest BCUT2D eigenvalue weighted by atomic mass is 32.2. The van der Waals surface area contributed by atoms with Crippen molar-refractivity contribution in [1.29, 1.82) is 0 Å². The molecule has 0 aromatic heterocycles. The Kier molecular flexibility index (Phi) is 7.10. The van der Waals surface area contributed by atoms with Gasteiger partial charge in [-0.1, -0.05) is 32.9 Å². The lowest BCUT2D eigenvalue weighted by atomic mass is 9.87. The van der Waals surface area contributed by atoms with Crippen LogP contribution in [-0.2, 0) is 20.2 Å². The van der Waals surface area contributed by atoms with E-state index in [1.807, 2.05) is 17.0 Å². The van der Waals surface area contributed by atoms with Crippen LogP contribution in [0, 0.1) is 0 Å². The lowest BCUT2D eigenvalue weighted by Crippen LogP contribution is -2.43. The van der Waals surface area contributed by atoms with Gasteiger partial charge in [-0.15, -0.1) is 4.83 Å². The van der Waals surface area contributed by atoms with Gasteiger partial charge in [-0.3, -0.25) is 10.2 Å². The van der Waals surface area contributed by atoms with Crippen molar-refractivity contribution >= 4 is 15.9 Å². The molecule has 0 saturated carbocycles. The summed E-state index contributed by atoms with van der Waals surface area (Å²) < 4.78 is 40.5. The third kappa shape index (κ3) is 6.10. The van der Waals surface area contributed by atoms with E-state index in [1.54, 1.807) is 18.2 Å². The molecule has 0 unspecified atom stereocenters. The van der Waals surface area contributed by atoms with Crippen molar-refractivity contribution in [2.45, 2.75) is 31.1 Å². The molecular formula is C20H26N2O6S. The Labute approximate surface area is 171 Å². The van der Waals surface area contributed by atoms with Crippen molar-refractivity contribution < 1.29 is 27.4 Å². The molecule has 0 fully saturated rings. The summed E-state index contributed by atoms with van der Waals surface area (Å²) in [6.45, 7) is 5.94. The average Bonchev–Trinajstić information content (AvgIpc) is 2.70. The largest absolute Gasteiger partial charge is 0.497 e. The van der Waals surface area contributed by atoms with Gasteiger partial charge in [0.1, 0.15) is 22.1 Å². The Morgan fingerprint density at radius 3 is 2.14 bits per heavy atom. The van der Waals surface area contributed by atoms with Gasteiger partial charge >= 0.3 is 0 Å². The van der Waals surface area contributed by atoms with E-state index in [2.05, 4.69) is 26.2 Å². The standard InChI is InChI=1S/C20H26N2O6S/c1-20(2,3)14-6-8-15(9-7-14)28-13-19(23)21-22-29(24,25)18-12-16(26-4)10-11-17(18)27-5/h6-12,22H,13H2,1-5H3,(H,21,23). The molecule has 0 atom stereocenters. The summed E-state index contributed by atoms with van der Waals surface area (Å²) in [7, 11) is -1.32. The normalized spacial score (nSPS) is 11.6. The molecular weight excluding hydrogens is 396 g/mol. The number of hydrazine groups is 1. The summed E-state index contributed by atoms with van der Waals surface area (Å²) in [5, 5.41) is 0. The smallest absolute Gasteiger partial charge is 0.272 e. The highest BCUT2D eigenvalue weighted by Gasteiger charge is 2.21. The molecule has 1 amide bonds. The number of hydrogen-bond acceptors (Lipinski definition) is 6. The van der Waals surface area contributed by atoms with Crippen LogP contribution in [0.15, 0.2) is 47.4 Å². The molecule has 0 aliphatic carbocycles. The zero-order chi connectivity index (χ0) is 21.7. The first kappa shape index (κ1) is 22.5. The molecule has 158 valence electrons. The topological polar surface area (TPSA) is 103 Å². The van der Waals surface area contributed by atoms with Crippen molar-refractivity contribution in [2.75, 3.05) is 20.8 Å². The van der Waals surface area contributed by atoms with Crippen LogP contribution < -0.4 is 24.5 Å². The summed E-state index contributed by atoms with van der Waals surface area (Å²) in [6.07, 6.45) is 0. The Bertz CT molecular complexity index is 950. The summed E-state index contributed by atoms with van der Waals surface area (Å²) in [6, 6.07) is 11.7. The molecule has 29 heavy (non-hydrogen) atoms. The molecule has 0 spiro atoms. The maximum atomic E-state index is 12.5. The van der Waals surface area contributed by atoms with Crippen LogP contribution in [0.4, 0.5) is 0 Å². The molecule has 8 nitrogen and oxygen atoms in total. The fraction of sp³-hybridized carbons (Fsp3) is 0.350. The van der Waals surface area contributed by atoms with Crippen molar-refractivity contribution in [2.24, 2.45) is 0 Å². The number of benzene rings is 2. The van der Waals surface area contributed by atoms with E-state index in [1.165, 1.54) is 26.4 Å². The lowest BCUT2D eigenvalue weighted by molar-refractivity contribution is -0.123. The maximum Gasteiger partial charge on any atom is 0.272 e. The van der Waals surface area contributed by atoms with Crippen LogP contribution in [0.3, 0.4) is 0 Å². The number of amides is 1. The van der Waals surface area contributed by atoms with Crippen molar-refractivity contribution in [3.8, 4) is 17.2 Å². The second-order valence-electron chi connectivity index (χ2n) is 7.23. The van der Waals surface area contributed by atoms with Gasteiger partial charge in [0.2, 0.25) is 0 Å². The monoisotopic (exact) mass is 422 g/mol. The molecule has 2 N–H and O–H groups in total. The lowest BCUT2D eigenvalue weighted by Gasteiger charge is -2.19. The van der Waals surface area contributed by atoms with Crippen molar-refractivity contribution in [3.63, 3.8) is 0 Å². The van der Waals surface area contributed by atoms with E-state index in [0.29, 0.717) is 11.5 Å². The third-order valence-corrected chi connectivity index (χ3v) is 5.34. The van der Waals surface area contributed by atoms with Crippen LogP contribution in [0.5, 0.6) is 17.2 Å². The van der Waals surface area contributed by atoms with Crippen molar-refractivity contribution in [1.82, 2.24) is 10.3 Å². The molecule has 9 heteroatoms. The minimum atomic E-state index is -4.08. The Morgan fingerprint density at radius 1 is 0.966 bits per heavy atom. The van der Waals surface area contributed by atoms with Gasteiger partial charge in [-0.05, 0) is 35.2 Å². The maximum absolute atomic E-state index is 12.5. The molecule has 2 aromatic carbocycles. The number of hydrogen-bond donors (Lipinski definition) is 2. The van der Waals surface area contributed by atoms with E-state index < -0.39 is 15.9 Å². The van der Waals surface area contributed by atoms with E-state index in [9.17, 15) is 13.2 Å². The first-order chi connectivity index (χ1) is 13.6. The zero-order valence-corrected chi connectivity index (χ0v) is 17.9. The summed E-state index contributed by atoms with van der Waals surface area (Å²) >= 11 is 0. The minimum absolute atomic E-state index is 0.00929. The van der Waals surface area contributed by atoms with Crippen LogP contribution in [0.2, 0.25) is 0 Å². The van der Waals surface area contributed by atoms with E-state index >= 15 is 0 Å². The fourth-order valence-electron chi connectivity index (χ4n) is 2.41. The predicted octanol–water partition coefficient (Wildman–Crippen LogP) is 2.39. The van der Waals surface area contributed by atoms with Crippen LogP contribution in [0.25, 0.3) is 0 Å². The SMILES string of the molecule is COc1ccc(OC)c(S(=O)(=O)NNC(=O)COc2ccc(C(C)(C)C)cc2)c1. The van der Waals surface area contributed by atoms with Gasteiger partial charge in [0.15, 0.2) is 6.61 Å². The van der Waals surface area contributed by atoms with Gasteiger partial charge < -0.3 is 14.2 Å². The molecule has 2 rings (SSSR count). The Balaban J connectivity index is 1.96. The molecule has 0 saturated heterocycles.